The van der Waals surface area contributed by atoms with Gasteiger partial charge in [-0.2, -0.15) is 0 Å². The van der Waals surface area contributed by atoms with Gasteiger partial charge in [0, 0.05) is 111 Å². The zero-order chi connectivity index (χ0) is 66.3. The second-order valence-electron chi connectivity index (χ2n) is 26.8. The van der Waals surface area contributed by atoms with Gasteiger partial charge in [0.05, 0.1) is 49.9 Å². The molecule has 23 nitrogen and oxygen atoms in total. The number of benzene rings is 4. The molecule has 0 aromatic heterocycles. The Balaban J connectivity index is 0.899. The highest BCUT2D eigenvalue weighted by Crippen LogP contribution is 2.44. The largest absolute Gasteiger partial charge is 0.493 e. The Bertz CT molecular complexity index is 3470. The third kappa shape index (κ3) is 16.1. The third-order valence-corrected chi connectivity index (χ3v) is 20.5. The minimum Gasteiger partial charge on any atom is -0.493 e. The van der Waals surface area contributed by atoms with Gasteiger partial charge < -0.3 is 69.1 Å². The molecule has 1 fully saturated rings. The van der Waals surface area contributed by atoms with E-state index in [1.807, 2.05) is 0 Å². The van der Waals surface area contributed by atoms with Gasteiger partial charge in [-0.05, 0) is 90.6 Å². The maximum atomic E-state index is 14.9. The molecule has 92 heavy (non-hydrogen) atoms. The molecule has 4 atom stereocenters. The topological polar surface area (TPSA) is 251 Å². The van der Waals surface area contributed by atoms with Crippen molar-refractivity contribution in [1.29, 1.82) is 0 Å². The Morgan fingerprint density at radius 1 is 0.598 bits per heavy atom. The molecule has 0 saturated carbocycles. The lowest BCUT2D eigenvalue weighted by Crippen LogP contribution is -2.53. The average Bonchev–Trinajstić information content (AvgIpc) is 1.59. The molecule has 0 radical (unpaired) electrons. The summed E-state index contributed by atoms with van der Waals surface area (Å²) in [6.07, 6.45) is 2.97. The van der Waals surface area contributed by atoms with E-state index in [4.69, 9.17) is 28.4 Å². The number of carboxylic acid groups (broad SMARTS) is 1. The number of amides is 7. The Morgan fingerprint density at radius 2 is 1.05 bits per heavy atom. The standard InChI is InChI=1S/C67H89N9O14Si2/c1-42(2)60(70-67(83)84)62(78)68-43(3)61(77)69-48-18-14-44(15-19-48)46-32-54-65(81)75(40-87-28-30-91(7,8)9)52-36-58(56(85-5)34-50(52)63(79)73(54)38-46)89-26-13-27-90-59-37-53-51(35-57(59)86-6)64(80)74-39-47(33-55(74)66(82)76(53)41-88-29-31-92(10,11)12)45-16-20-49(21-17-45)72-24-22-71(4)23-25-72/h14-21,34-39,42-43,54-55,60,70H,13,22-33,40-41H2,1-12H3,(H,68,78)(H,69,77)(H,83,84)/t43-,54-,55-,60-/m0/s1. The van der Waals surface area contributed by atoms with E-state index < -0.39 is 64.1 Å². The second-order valence-corrected chi connectivity index (χ2v) is 38.0. The van der Waals surface area contributed by atoms with E-state index >= 15 is 0 Å². The molecule has 4 aromatic rings. The van der Waals surface area contributed by atoms with Crippen molar-refractivity contribution in [2.24, 2.45) is 5.92 Å². The summed E-state index contributed by atoms with van der Waals surface area (Å²) in [5.41, 5.74) is 5.92. The normalized spacial score (nSPS) is 18.2. The van der Waals surface area contributed by atoms with Crippen molar-refractivity contribution < 1.29 is 67.1 Å². The van der Waals surface area contributed by atoms with Crippen molar-refractivity contribution >= 4 is 91.6 Å². The predicted octanol–water partition coefficient (Wildman–Crippen LogP) is 8.87. The van der Waals surface area contributed by atoms with Crippen LogP contribution in [0.5, 0.6) is 23.0 Å². The molecule has 0 unspecified atom stereocenters. The highest BCUT2D eigenvalue weighted by Gasteiger charge is 2.45. The van der Waals surface area contributed by atoms with Crippen LogP contribution in [0.15, 0.2) is 85.2 Å². The summed E-state index contributed by atoms with van der Waals surface area (Å²) in [7, 11) is 2.08. The number of hydrogen-bond acceptors (Lipinski definition) is 15. The number of hydrogen-bond donors (Lipinski definition) is 4. The molecule has 494 valence electrons. The van der Waals surface area contributed by atoms with Gasteiger partial charge in [-0.1, -0.05) is 77.4 Å². The molecule has 25 heteroatoms. The van der Waals surface area contributed by atoms with Gasteiger partial charge in [0.15, 0.2) is 23.0 Å². The van der Waals surface area contributed by atoms with Gasteiger partial charge in [-0.3, -0.25) is 38.6 Å². The molecule has 7 amide bonds. The molecular formula is C67H89N9O14Si2. The third-order valence-electron chi connectivity index (χ3n) is 17.1. The van der Waals surface area contributed by atoms with Gasteiger partial charge in [0.25, 0.3) is 23.6 Å². The fourth-order valence-corrected chi connectivity index (χ4v) is 13.0. The van der Waals surface area contributed by atoms with E-state index in [1.165, 1.54) is 30.9 Å². The van der Waals surface area contributed by atoms with Crippen LogP contribution < -0.4 is 49.6 Å². The van der Waals surface area contributed by atoms with Crippen LogP contribution in [0.3, 0.4) is 0 Å². The molecule has 0 bridgehead atoms. The van der Waals surface area contributed by atoms with Crippen LogP contribution in [0.2, 0.25) is 51.4 Å². The summed E-state index contributed by atoms with van der Waals surface area (Å²) in [6, 6.07) is 19.7. The molecule has 0 aliphatic carbocycles. The van der Waals surface area contributed by atoms with E-state index in [0.717, 1.165) is 55.1 Å². The van der Waals surface area contributed by atoms with Gasteiger partial charge >= 0.3 is 6.09 Å². The number of anilines is 4. The van der Waals surface area contributed by atoms with Gasteiger partial charge in [0.1, 0.15) is 37.6 Å². The predicted molar refractivity (Wildman–Crippen MR) is 358 cm³/mol. The maximum Gasteiger partial charge on any atom is 0.405 e. The number of ether oxygens (including phenoxy) is 6. The van der Waals surface area contributed by atoms with Crippen LogP contribution in [-0.4, -0.2) is 189 Å². The van der Waals surface area contributed by atoms with E-state index in [1.54, 1.807) is 84.6 Å². The van der Waals surface area contributed by atoms with Crippen LogP contribution >= 0.6 is 0 Å². The summed E-state index contributed by atoms with van der Waals surface area (Å²) in [4.78, 5) is 107. The SMILES string of the molecule is COc1cc2c(cc1OCCCOc1cc3c(cc1OC)C(=O)N1C=C(c4ccc(N5CCN(C)CC5)cc4)C[C@H]1C(=O)N3COCC[Si](C)(C)C)N(COCC[Si](C)(C)C)C(=O)[C@@H]1CC(c3ccc(NC(=O)[C@H](C)NC(=O)[C@@H](NC(=O)O)C(C)C)cc3)=CN1C2=O. The molecule has 5 aliphatic heterocycles. The number of nitrogens with zero attached hydrogens (tertiary/aromatic N) is 6. The number of fused-ring (bicyclic) bond motifs is 4. The van der Waals surface area contributed by atoms with Crippen LogP contribution in [0.25, 0.3) is 11.1 Å². The number of methoxy groups -OCH3 is 2. The van der Waals surface area contributed by atoms with E-state index in [9.17, 15) is 38.7 Å². The van der Waals surface area contributed by atoms with Gasteiger partial charge in [-0.25, -0.2) is 4.79 Å². The number of likely N-dealkylation sites (N-methyl/N-ethyl adjacent to an activating group) is 1. The lowest BCUT2D eigenvalue weighted by atomic mass is 10.0. The molecule has 1 saturated heterocycles. The number of carbonyl (C=O) groups is 7. The molecular weight excluding hydrogens is 1210 g/mol. The first kappa shape index (κ1) is 68.1. The van der Waals surface area contributed by atoms with Crippen molar-refractivity contribution in [2.45, 2.75) is 116 Å². The second kappa shape index (κ2) is 29.2. The van der Waals surface area contributed by atoms with Crippen LogP contribution in [-0.2, 0) is 28.7 Å². The van der Waals surface area contributed by atoms with Gasteiger partial charge in [0.2, 0.25) is 11.8 Å². The van der Waals surface area contributed by atoms with Crippen LogP contribution in [0, 0.1) is 5.92 Å². The Kier molecular flexibility index (Phi) is 21.6. The summed E-state index contributed by atoms with van der Waals surface area (Å²) in [6.45, 7) is 23.1. The van der Waals surface area contributed by atoms with E-state index in [2.05, 4.69) is 96.3 Å². The zero-order valence-corrected chi connectivity index (χ0v) is 57.0. The smallest absolute Gasteiger partial charge is 0.405 e. The molecule has 9 rings (SSSR count). The highest BCUT2D eigenvalue weighted by atomic mass is 28.3. The van der Waals surface area contributed by atoms with Crippen molar-refractivity contribution in [1.82, 2.24) is 25.3 Å². The minimum atomic E-state index is -1.53. The molecule has 4 N–H and O–H groups in total. The summed E-state index contributed by atoms with van der Waals surface area (Å²) < 4.78 is 37.0. The zero-order valence-electron chi connectivity index (χ0n) is 55.0. The molecule has 5 aliphatic rings. The van der Waals surface area contributed by atoms with Crippen LogP contribution in [0.4, 0.5) is 27.5 Å². The lowest BCUT2D eigenvalue weighted by Gasteiger charge is -2.34. The lowest BCUT2D eigenvalue weighted by molar-refractivity contribution is -0.128. The van der Waals surface area contributed by atoms with Gasteiger partial charge in [-0.15, -0.1) is 0 Å². The van der Waals surface area contributed by atoms with Crippen molar-refractivity contribution in [3.63, 3.8) is 0 Å². The first-order chi connectivity index (χ1) is 43.7. The number of nitrogens with one attached hydrogen (secondary N) is 3. The highest BCUT2D eigenvalue weighted by molar-refractivity contribution is 6.76. The fraction of sp³-hybridized carbons (Fsp3) is 0.478. The van der Waals surface area contributed by atoms with E-state index in [0.29, 0.717) is 65.8 Å². The Hall–Kier alpha value is -8.24. The first-order valence-electron chi connectivity index (χ1n) is 31.5. The summed E-state index contributed by atoms with van der Waals surface area (Å²) in [5.74, 6) is -1.79. The Labute approximate surface area is 540 Å². The van der Waals surface area contributed by atoms with Crippen molar-refractivity contribution in [3.8, 4) is 23.0 Å². The number of rotatable bonds is 27. The quantitative estimate of drug-likeness (QED) is 0.0321. The number of piperazine rings is 1. The molecule has 5 heterocycles. The summed E-state index contributed by atoms with van der Waals surface area (Å²) >= 11 is 0. The Morgan fingerprint density at radius 3 is 1.48 bits per heavy atom. The minimum absolute atomic E-state index is 0.0652. The van der Waals surface area contributed by atoms with Crippen molar-refractivity contribution in [2.75, 3.05) is 107 Å². The van der Waals surface area contributed by atoms with E-state index in [-0.39, 0.29) is 79.4 Å². The maximum absolute atomic E-state index is 14.9. The average molecular weight is 1300 g/mol. The first-order valence-corrected chi connectivity index (χ1v) is 38.9. The molecule has 0 spiro atoms. The molecule has 4 aromatic carbocycles. The van der Waals surface area contributed by atoms with Crippen LogP contribution in [0.1, 0.15) is 71.9 Å². The fourth-order valence-electron chi connectivity index (χ4n) is 11.5. The number of carbonyl (C=O) groups excluding carboxylic acids is 6. The monoisotopic (exact) mass is 1300 g/mol. The van der Waals surface area contributed by atoms with Crippen molar-refractivity contribution in [3.05, 3.63) is 107 Å². The summed E-state index contributed by atoms with van der Waals surface area (Å²) in [5, 5.41) is 16.7.